The molecule has 0 fully saturated rings. The SMILES string of the molecule is Cc1ccc(C(=O)Nc2nnc(-c3ccc(Br)s3)o2)c(C)c1. The van der Waals surface area contributed by atoms with Gasteiger partial charge >= 0.3 is 6.01 Å². The minimum absolute atomic E-state index is 0.0875. The van der Waals surface area contributed by atoms with Crippen molar-refractivity contribution >= 4 is 39.2 Å². The summed E-state index contributed by atoms with van der Waals surface area (Å²) < 4.78 is 6.45. The van der Waals surface area contributed by atoms with Gasteiger partial charge in [-0.3, -0.25) is 10.1 Å². The summed E-state index contributed by atoms with van der Waals surface area (Å²) in [5.41, 5.74) is 2.60. The van der Waals surface area contributed by atoms with Crippen LogP contribution in [-0.2, 0) is 0 Å². The largest absolute Gasteiger partial charge is 0.402 e. The Morgan fingerprint density at radius 3 is 2.73 bits per heavy atom. The fraction of sp³-hybridized carbons (Fsp3) is 0.133. The lowest BCUT2D eigenvalue weighted by atomic mass is 10.1. The number of aryl methyl sites for hydroxylation is 2. The monoisotopic (exact) mass is 377 g/mol. The van der Waals surface area contributed by atoms with Gasteiger partial charge < -0.3 is 4.42 Å². The summed E-state index contributed by atoms with van der Waals surface area (Å²) in [4.78, 5) is 13.1. The third-order valence-electron chi connectivity index (χ3n) is 3.06. The van der Waals surface area contributed by atoms with Crippen LogP contribution in [0.25, 0.3) is 10.8 Å². The molecular weight excluding hydrogens is 366 g/mol. The van der Waals surface area contributed by atoms with Gasteiger partial charge in [-0.1, -0.05) is 22.8 Å². The number of thiophene rings is 1. The number of amides is 1. The average Bonchev–Trinajstić information content (AvgIpc) is 3.07. The van der Waals surface area contributed by atoms with E-state index in [1.165, 1.54) is 11.3 Å². The first-order valence-electron chi connectivity index (χ1n) is 6.51. The molecule has 0 radical (unpaired) electrons. The first-order chi connectivity index (χ1) is 10.5. The van der Waals surface area contributed by atoms with Crippen LogP contribution in [0.3, 0.4) is 0 Å². The van der Waals surface area contributed by atoms with Gasteiger partial charge in [0.15, 0.2) is 0 Å². The molecule has 0 aliphatic rings. The predicted molar refractivity (Wildman–Crippen MR) is 89.2 cm³/mol. The lowest BCUT2D eigenvalue weighted by molar-refractivity contribution is 0.102. The Morgan fingerprint density at radius 2 is 2.05 bits per heavy atom. The first kappa shape index (κ1) is 14.9. The van der Waals surface area contributed by atoms with Gasteiger partial charge in [-0.2, -0.15) is 0 Å². The Labute approximate surface area is 139 Å². The Morgan fingerprint density at radius 1 is 1.23 bits per heavy atom. The van der Waals surface area contributed by atoms with E-state index in [1.54, 1.807) is 6.07 Å². The zero-order chi connectivity index (χ0) is 15.7. The summed E-state index contributed by atoms with van der Waals surface area (Å²) in [6, 6.07) is 9.50. The van der Waals surface area contributed by atoms with Crippen molar-refractivity contribution in [1.29, 1.82) is 0 Å². The van der Waals surface area contributed by atoms with E-state index >= 15 is 0 Å². The van der Waals surface area contributed by atoms with E-state index in [-0.39, 0.29) is 11.9 Å². The highest BCUT2D eigenvalue weighted by atomic mass is 79.9. The van der Waals surface area contributed by atoms with Crippen LogP contribution in [-0.4, -0.2) is 16.1 Å². The molecule has 3 aromatic rings. The summed E-state index contributed by atoms with van der Waals surface area (Å²) in [5, 5.41) is 10.4. The normalized spacial score (nSPS) is 10.7. The van der Waals surface area contributed by atoms with Gasteiger partial charge in [0, 0.05) is 5.56 Å². The second kappa shape index (κ2) is 6.02. The third kappa shape index (κ3) is 3.10. The van der Waals surface area contributed by atoms with Crippen LogP contribution in [0.5, 0.6) is 0 Å². The maximum atomic E-state index is 12.3. The molecular formula is C15H12BrN3O2S. The van der Waals surface area contributed by atoms with Gasteiger partial charge in [0.25, 0.3) is 11.8 Å². The van der Waals surface area contributed by atoms with Gasteiger partial charge in [0.2, 0.25) is 0 Å². The lowest BCUT2D eigenvalue weighted by Gasteiger charge is -2.05. The van der Waals surface area contributed by atoms with Crippen molar-refractivity contribution in [2.45, 2.75) is 13.8 Å². The Bertz CT molecular complexity index is 841. The van der Waals surface area contributed by atoms with Crippen LogP contribution in [0.15, 0.2) is 38.5 Å². The van der Waals surface area contributed by atoms with E-state index in [4.69, 9.17) is 4.42 Å². The molecule has 112 valence electrons. The number of halogens is 1. The van der Waals surface area contributed by atoms with E-state index in [0.717, 1.165) is 19.8 Å². The van der Waals surface area contributed by atoms with Gasteiger partial charge in [-0.05, 0) is 53.5 Å². The van der Waals surface area contributed by atoms with E-state index in [9.17, 15) is 4.79 Å². The molecule has 0 atom stereocenters. The van der Waals surface area contributed by atoms with Crippen LogP contribution in [0.4, 0.5) is 6.01 Å². The molecule has 3 rings (SSSR count). The smallest absolute Gasteiger partial charge is 0.322 e. The number of anilines is 1. The number of aromatic nitrogens is 2. The number of hydrogen-bond acceptors (Lipinski definition) is 5. The number of benzene rings is 1. The Hall–Kier alpha value is -1.99. The summed E-state index contributed by atoms with van der Waals surface area (Å²) in [7, 11) is 0. The van der Waals surface area contributed by atoms with Crippen molar-refractivity contribution in [3.8, 4) is 10.8 Å². The fourth-order valence-corrected chi connectivity index (χ4v) is 3.34. The molecule has 0 unspecified atom stereocenters. The first-order valence-corrected chi connectivity index (χ1v) is 8.12. The van der Waals surface area contributed by atoms with Gasteiger partial charge in [-0.15, -0.1) is 16.4 Å². The molecule has 22 heavy (non-hydrogen) atoms. The zero-order valence-corrected chi connectivity index (χ0v) is 14.3. The number of rotatable bonds is 3. The van der Waals surface area contributed by atoms with Crippen molar-refractivity contribution in [2.24, 2.45) is 0 Å². The molecule has 0 bridgehead atoms. The molecule has 1 aromatic carbocycles. The van der Waals surface area contributed by atoms with E-state index in [1.807, 2.05) is 38.1 Å². The predicted octanol–water partition coefficient (Wildman–Crippen LogP) is 4.43. The summed E-state index contributed by atoms with van der Waals surface area (Å²) in [5.74, 6) is 0.117. The molecule has 1 amide bonds. The highest BCUT2D eigenvalue weighted by Crippen LogP contribution is 2.31. The van der Waals surface area contributed by atoms with Crippen LogP contribution < -0.4 is 5.32 Å². The molecule has 0 aliphatic heterocycles. The Kier molecular flexibility index (Phi) is 4.08. The maximum Gasteiger partial charge on any atom is 0.322 e. The minimum atomic E-state index is -0.264. The van der Waals surface area contributed by atoms with Gasteiger partial charge in [0.05, 0.1) is 8.66 Å². The van der Waals surface area contributed by atoms with E-state index in [2.05, 4.69) is 31.4 Å². The van der Waals surface area contributed by atoms with Crippen molar-refractivity contribution in [1.82, 2.24) is 10.2 Å². The number of hydrogen-bond donors (Lipinski definition) is 1. The van der Waals surface area contributed by atoms with Crippen molar-refractivity contribution in [2.75, 3.05) is 5.32 Å². The summed E-state index contributed by atoms with van der Waals surface area (Å²) >= 11 is 4.86. The molecule has 0 spiro atoms. The standard InChI is InChI=1S/C15H12BrN3O2S/c1-8-3-4-10(9(2)7-8)13(20)17-15-19-18-14(21-15)11-5-6-12(16)22-11/h3-7H,1-2H3,(H,17,19,20). The molecule has 0 saturated heterocycles. The third-order valence-corrected chi connectivity index (χ3v) is 4.67. The van der Waals surface area contributed by atoms with Crippen LogP contribution >= 0.6 is 27.3 Å². The van der Waals surface area contributed by atoms with Crippen LogP contribution in [0.1, 0.15) is 21.5 Å². The van der Waals surface area contributed by atoms with E-state index < -0.39 is 0 Å². The fourth-order valence-electron chi connectivity index (χ4n) is 2.04. The van der Waals surface area contributed by atoms with Crippen molar-refractivity contribution < 1.29 is 9.21 Å². The van der Waals surface area contributed by atoms with E-state index in [0.29, 0.717) is 11.5 Å². The second-order valence-corrected chi connectivity index (χ2v) is 7.25. The highest BCUT2D eigenvalue weighted by molar-refractivity contribution is 9.11. The highest BCUT2D eigenvalue weighted by Gasteiger charge is 2.15. The number of carbonyl (C=O) groups is 1. The molecule has 7 heteroatoms. The number of carbonyl (C=O) groups excluding carboxylic acids is 1. The molecule has 0 saturated carbocycles. The summed E-state index contributed by atoms with van der Waals surface area (Å²) in [6.45, 7) is 3.88. The molecule has 2 heterocycles. The van der Waals surface area contributed by atoms with Crippen molar-refractivity contribution in [3.63, 3.8) is 0 Å². The second-order valence-electron chi connectivity index (χ2n) is 4.79. The molecule has 0 aliphatic carbocycles. The van der Waals surface area contributed by atoms with Gasteiger partial charge in [-0.25, -0.2) is 0 Å². The Balaban J connectivity index is 1.79. The minimum Gasteiger partial charge on any atom is -0.402 e. The zero-order valence-electron chi connectivity index (χ0n) is 11.9. The average molecular weight is 378 g/mol. The maximum absolute atomic E-state index is 12.3. The molecule has 5 nitrogen and oxygen atoms in total. The van der Waals surface area contributed by atoms with Crippen molar-refractivity contribution in [3.05, 3.63) is 50.8 Å². The van der Waals surface area contributed by atoms with Crippen LogP contribution in [0.2, 0.25) is 0 Å². The topological polar surface area (TPSA) is 68.0 Å². The molecule has 2 aromatic heterocycles. The number of nitrogens with zero attached hydrogens (tertiary/aromatic N) is 2. The number of nitrogens with one attached hydrogen (secondary N) is 1. The van der Waals surface area contributed by atoms with Crippen LogP contribution in [0, 0.1) is 13.8 Å². The van der Waals surface area contributed by atoms with Gasteiger partial charge in [0.1, 0.15) is 0 Å². The lowest BCUT2D eigenvalue weighted by Crippen LogP contribution is -2.13. The summed E-state index contributed by atoms with van der Waals surface area (Å²) in [6.07, 6.45) is 0. The molecule has 1 N–H and O–H groups in total. The quantitative estimate of drug-likeness (QED) is 0.732.